The number of hydrogen-bond acceptors (Lipinski definition) is 5. The van der Waals surface area contributed by atoms with Crippen LogP contribution in [0.3, 0.4) is 0 Å². The summed E-state index contributed by atoms with van der Waals surface area (Å²) in [6.45, 7) is 2.66. The molecule has 0 aliphatic heterocycles. The first-order chi connectivity index (χ1) is 10.7. The maximum atomic E-state index is 12.0. The number of nitrogens with one attached hydrogen (secondary N) is 2. The highest BCUT2D eigenvalue weighted by atomic mass is 35.5. The van der Waals surface area contributed by atoms with Gasteiger partial charge in [0.2, 0.25) is 0 Å². The van der Waals surface area contributed by atoms with Crippen molar-refractivity contribution in [2.45, 2.75) is 0 Å². The lowest BCUT2D eigenvalue weighted by molar-refractivity contribution is 0.0949. The van der Waals surface area contributed by atoms with Gasteiger partial charge in [0.15, 0.2) is 0 Å². The second-order valence-electron chi connectivity index (χ2n) is 4.55. The predicted molar refractivity (Wildman–Crippen MR) is 89.6 cm³/mol. The average molecular weight is 340 g/mol. The number of hydrogen-bond donors (Lipinski definition) is 2. The van der Waals surface area contributed by atoms with Gasteiger partial charge in [0.25, 0.3) is 5.91 Å². The molecule has 0 unspecified atom stereocenters. The smallest absolute Gasteiger partial charge is 0.270 e. The largest absolute Gasteiger partial charge is 0.383 e. The van der Waals surface area contributed by atoms with E-state index in [2.05, 4.69) is 15.6 Å². The summed E-state index contributed by atoms with van der Waals surface area (Å²) in [5, 5.41) is 9.18. The van der Waals surface area contributed by atoms with Crippen LogP contribution in [0.4, 0.5) is 0 Å². The van der Waals surface area contributed by atoms with Crippen LogP contribution in [0.2, 0.25) is 5.02 Å². The number of methoxy groups -OCH3 is 1. The minimum absolute atomic E-state index is 0.168. The van der Waals surface area contributed by atoms with Gasteiger partial charge in [-0.05, 0) is 12.1 Å². The van der Waals surface area contributed by atoms with Crippen molar-refractivity contribution in [2.75, 3.05) is 33.4 Å². The van der Waals surface area contributed by atoms with Crippen molar-refractivity contribution in [3.63, 3.8) is 0 Å². The van der Waals surface area contributed by atoms with E-state index < -0.39 is 0 Å². The molecule has 0 atom stereocenters. The summed E-state index contributed by atoms with van der Waals surface area (Å²) in [4.78, 5) is 16.4. The van der Waals surface area contributed by atoms with Crippen LogP contribution in [0.15, 0.2) is 29.6 Å². The van der Waals surface area contributed by atoms with E-state index in [4.69, 9.17) is 16.3 Å². The fourth-order valence-electron chi connectivity index (χ4n) is 1.79. The Morgan fingerprint density at radius 3 is 3.00 bits per heavy atom. The minimum Gasteiger partial charge on any atom is -0.383 e. The van der Waals surface area contributed by atoms with E-state index in [0.717, 1.165) is 17.1 Å². The fraction of sp³-hybridized carbons (Fsp3) is 0.333. The number of rotatable bonds is 8. The lowest BCUT2D eigenvalue weighted by Gasteiger charge is -2.05. The van der Waals surface area contributed by atoms with Gasteiger partial charge in [-0.1, -0.05) is 23.7 Å². The van der Waals surface area contributed by atoms with Crippen molar-refractivity contribution in [1.82, 2.24) is 15.6 Å². The molecule has 2 aromatic rings. The third-order valence-corrected chi connectivity index (χ3v) is 4.01. The molecule has 118 valence electrons. The Morgan fingerprint density at radius 1 is 1.36 bits per heavy atom. The number of ether oxygens (including phenoxy) is 1. The van der Waals surface area contributed by atoms with E-state index >= 15 is 0 Å². The van der Waals surface area contributed by atoms with Crippen LogP contribution in [-0.4, -0.2) is 44.2 Å². The maximum Gasteiger partial charge on any atom is 0.270 e. The van der Waals surface area contributed by atoms with E-state index in [0.29, 0.717) is 30.4 Å². The Morgan fingerprint density at radius 2 is 2.23 bits per heavy atom. The van der Waals surface area contributed by atoms with Crippen molar-refractivity contribution in [1.29, 1.82) is 0 Å². The Bertz CT molecular complexity index is 618. The third kappa shape index (κ3) is 5.06. The second kappa shape index (κ2) is 8.85. The van der Waals surface area contributed by atoms with Crippen LogP contribution in [-0.2, 0) is 4.74 Å². The number of halogens is 1. The van der Waals surface area contributed by atoms with E-state index in [1.807, 2.05) is 24.3 Å². The predicted octanol–water partition coefficient (Wildman–Crippen LogP) is 2.43. The molecule has 5 nitrogen and oxygen atoms in total. The molecule has 2 rings (SSSR count). The van der Waals surface area contributed by atoms with Gasteiger partial charge in [0.05, 0.1) is 6.61 Å². The number of nitrogens with zero attached hydrogens (tertiary/aromatic N) is 1. The van der Waals surface area contributed by atoms with Gasteiger partial charge >= 0.3 is 0 Å². The molecule has 1 aromatic carbocycles. The average Bonchev–Trinajstić information content (AvgIpc) is 3.00. The zero-order valence-corrected chi connectivity index (χ0v) is 13.8. The molecule has 2 N–H and O–H groups in total. The Balaban J connectivity index is 1.84. The molecule has 1 aromatic heterocycles. The maximum absolute atomic E-state index is 12.0. The molecule has 22 heavy (non-hydrogen) atoms. The van der Waals surface area contributed by atoms with Gasteiger partial charge in [0.1, 0.15) is 10.7 Å². The number of carbonyl (C=O) groups excluding carboxylic acids is 1. The Kier molecular flexibility index (Phi) is 6.79. The second-order valence-corrected chi connectivity index (χ2v) is 5.84. The van der Waals surface area contributed by atoms with Crippen molar-refractivity contribution < 1.29 is 9.53 Å². The molecule has 0 aliphatic rings. The van der Waals surface area contributed by atoms with E-state index in [1.165, 1.54) is 11.3 Å². The summed E-state index contributed by atoms with van der Waals surface area (Å²) in [7, 11) is 1.66. The standard InChI is InChI=1S/C15H18ClN3O2S/c1-21-8-7-17-5-6-18-14(20)13-10-22-15(19-13)11-3-2-4-12(16)9-11/h2-4,9-10,17H,5-8H2,1H3,(H,18,20). The van der Waals surface area contributed by atoms with Crippen molar-refractivity contribution >= 4 is 28.8 Å². The molecule has 1 heterocycles. The lowest BCUT2D eigenvalue weighted by Crippen LogP contribution is -2.33. The van der Waals surface area contributed by atoms with Crippen LogP contribution in [0.5, 0.6) is 0 Å². The highest BCUT2D eigenvalue weighted by Gasteiger charge is 2.11. The summed E-state index contributed by atoms with van der Waals surface area (Å²) in [5.74, 6) is -0.168. The molecule has 7 heteroatoms. The van der Waals surface area contributed by atoms with Crippen LogP contribution < -0.4 is 10.6 Å². The third-order valence-electron chi connectivity index (χ3n) is 2.88. The minimum atomic E-state index is -0.168. The fourth-order valence-corrected chi connectivity index (χ4v) is 2.77. The van der Waals surface area contributed by atoms with Gasteiger partial charge in [-0.2, -0.15) is 0 Å². The van der Waals surface area contributed by atoms with Crippen molar-refractivity contribution in [3.05, 3.63) is 40.4 Å². The van der Waals surface area contributed by atoms with Gasteiger partial charge in [0, 0.05) is 42.7 Å². The molecule has 0 aliphatic carbocycles. The first kappa shape index (κ1) is 16.9. The summed E-state index contributed by atoms with van der Waals surface area (Å²) >= 11 is 7.39. The SMILES string of the molecule is COCCNCCNC(=O)c1csc(-c2cccc(Cl)c2)n1. The van der Waals surface area contributed by atoms with Crippen LogP contribution in [0.25, 0.3) is 10.6 Å². The molecule has 0 saturated heterocycles. The Labute approximate surface area is 138 Å². The zero-order valence-electron chi connectivity index (χ0n) is 12.3. The monoisotopic (exact) mass is 339 g/mol. The molecule has 0 spiro atoms. The first-order valence-electron chi connectivity index (χ1n) is 6.90. The quantitative estimate of drug-likeness (QED) is 0.725. The number of aromatic nitrogens is 1. The molecule has 0 radical (unpaired) electrons. The highest BCUT2D eigenvalue weighted by molar-refractivity contribution is 7.13. The van der Waals surface area contributed by atoms with E-state index in [9.17, 15) is 4.79 Å². The molecule has 1 amide bonds. The normalized spacial score (nSPS) is 10.6. The zero-order chi connectivity index (χ0) is 15.8. The number of amides is 1. The highest BCUT2D eigenvalue weighted by Crippen LogP contribution is 2.25. The van der Waals surface area contributed by atoms with Gasteiger partial charge in [-0.15, -0.1) is 11.3 Å². The van der Waals surface area contributed by atoms with Crippen LogP contribution >= 0.6 is 22.9 Å². The van der Waals surface area contributed by atoms with Crippen molar-refractivity contribution in [3.8, 4) is 10.6 Å². The molecular formula is C15H18ClN3O2S. The Hall–Kier alpha value is -1.47. The van der Waals surface area contributed by atoms with Gasteiger partial charge in [-0.25, -0.2) is 4.98 Å². The summed E-state index contributed by atoms with van der Waals surface area (Å²) < 4.78 is 4.92. The molecular weight excluding hydrogens is 322 g/mol. The first-order valence-corrected chi connectivity index (χ1v) is 8.16. The number of benzene rings is 1. The van der Waals surface area contributed by atoms with Crippen LogP contribution in [0.1, 0.15) is 10.5 Å². The van der Waals surface area contributed by atoms with Crippen LogP contribution in [0, 0.1) is 0 Å². The summed E-state index contributed by atoms with van der Waals surface area (Å²) in [6, 6.07) is 7.43. The summed E-state index contributed by atoms with van der Waals surface area (Å²) in [5.41, 5.74) is 1.34. The van der Waals surface area contributed by atoms with Crippen molar-refractivity contribution in [2.24, 2.45) is 0 Å². The van der Waals surface area contributed by atoms with E-state index in [-0.39, 0.29) is 5.91 Å². The summed E-state index contributed by atoms with van der Waals surface area (Å²) in [6.07, 6.45) is 0. The molecule has 0 fully saturated rings. The number of carbonyl (C=O) groups is 1. The molecule has 0 bridgehead atoms. The van der Waals surface area contributed by atoms with Gasteiger partial charge < -0.3 is 15.4 Å². The molecule has 0 saturated carbocycles. The number of thiazole rings is 1. The van der Waals surface area contributed by atoms with Gasteiger partial charge in [-0.3, -0.25) is 4.79 Å². The topological polar surface area (TPSA) is 63.2 Å². The van der Waals surface area contributed by atoms with E-state index in [1.54, 1.807) is 12.5 Å². The lowest BCUT2D eigenvalue weighted by atomic mass is 10.2.